The first kappa shape index (κ1) is 10.2. The maximum atomic E-state index is 10.5. The molecular formula is C7H11N5O2. The van der Waals surface area contributed by atoms with E-state index in [-0.39, 0.29) is 6.54 Å². The smallest absolute Gasteiger partial charge is 0.323 e. The summed E-state index contributed by atoms with van der Waals surface area (Å²) in [4.78, 5) is 12.0. The number of aliphatic carboxylic acids is 1. The number of carbonyl (C=O) groups is 1. The van der Waals surface area contributed by atoms with Crippen LogP contribution in [-0.4, -0.2) is 44.4 Å². The lowest BCUT2D eigenvalue weighted by Crippen LogP contribution is -2.32. The minimum absolute atomic E-state index is 0.153. The Morgan fingerprint density at radius 2 is 2.50 bits per heavy atom. The zero-order valence-corrected chi connectivity index (χ0v) is 7.79. The first-order valence-corrected chi connectivity index (χ1v) is 3.95. The van der Waals surface area contributed by atoms with E-state index in [2.05, 4.69) is 22.1 Å². The summed E-state index contributed by atoms with van der Waals surface area (Å²) in [7, 11) is 1.65. The summed E-state index contributed by atoms with van der Waals surface area (Å²) in [6, 6.07) is 0. The van der Waals surface area contributed by atoms with Crippen molar-refractivity contribution in [3.8, 4) is 0 Å². The van der Waals surface area contributed by atoms with Gasteiger partial charge in [-0.2, -0.15) is 0 Å². The molecule has 1 aromatic rings. The first-order chi connectivity index (χ1) is 6.65. The molecule has 0 aliphatic rings. The van der Waals surface area contributed by atoms with E-state index in [0.717, 1.165) is 0 Å². The molecule has 0 unspecified atom stereocenters. The minimum atomic E-state index is -0.935. The van der Waals surface area contributed by atoms with Crippen molar-refractivity contribution in [1.82, 2.24) is 20.2 Å². The average molecular weight is 197 g/mol. The molecule has 0 bridgehead atoms. The number of aryl methyl sites for hydroxylation is 1. The highest BCUT2D eigenvalue weighted by atomic mass is 16.4. The van der Waals surface area contributed by atoms with E-state index < -0.39 is 5.97 Å². The Balaban J connectivity index is 2.82. The molecule has 0 aromatic carbocycles. The van der Waals surface area contributed by atoms with E-state index >= 15 is 0 Å². The van der Waals surface area contributed by atoms with Crippen molar-refractivity contribution < 1.29 is 9.90 Å². The third-order valence-corrected chi connectivity index (χ3v) is 1.56. The molecule has 0 spiro atoms. The fraction of sp³-hybridized carbons (Fsp3) is 0.429. The van der Waals surface area contributed by atoms with Crippen molar-refractivity contribution in [1.29, 1.82) is 0 Å². The number of rotatable bonds is 5. The van der Waals surface area contributed by atoms with Crippen molar-refractivity contribution in [2.45, 2.75) is 0 Å². The Morgan fingerprint density at radius 3 is 2.93 bits per heavy atom. The van der Waals surface area contributed by atoms with Gasteiger partial charge in [-0.3, -0.25) is 4.79 Å². The van der Waals surface area contributed by atoms with Gasteiger partial charge >= 0.3 is 5.97 Å². The summed E-state index contributed by atoms with van der Waals surface area (Å²) in [5.74, 6) is -0.526. The van der Waals surface area contributed by atoms with E-state index in [9.17, 15) is 4.79 Å². The number of carboxylic acid groups (broad SMARTS) is 1. The van der Waals surface area contributed by atoms with Gasteiger partial charge < -0.3 is 10.0 Å². The number of hydrogen-bond acceptors (Lipinski definition) is 5. The molecular weight excluding hydrogens is 186 g/mol. The Labute approximate surface area is 80.6 Å². The van der Waals surface area contributed by atoms with Gasteiger partial charge in [-0.05, 0) is 10.4 Å². The topological polar surface area (TPSA) is 84.1 Å². The summed E-state index contributed by atoms with van der Waals surface area (Å²) in [5, 5.41) is 19.4. The van der Waals surface area contributed by atoms with Gasteiger partial charge in [0.2, 0.25) is 5.95 Å². The molecule has 76 valence electrons. The highest BCUT2D eigenvalue weighted by molar-refractivity contribution is 5.72. The molecule has 0 saturated heterocycles. The van der Waals surface area contributed by atoms with Crippen molar-refractivity contribution in [3.63, 3.8) is 0 Å². The average Bonchev–Trinajstić information content (AvgIpc) is 2.50. The van der Waals surface area contributed by atoms with E-state index in [1.54, 1.807) is 13.1 Å². The number of tetrazole rings is 1. The Kier molecular flexibility index (Phi) is 3.16. The van der Waals surface area contributed by atoms with Crippen molar-refractivity contribution >= 4 is 11.9 Å². The maximum Gasteiger partial charge on any atom is 0.323 e. The van der Waals surface area contributed by atoms with Crippen LogP contribution >= 0.6 is 0 Å². The molecule has 0 aliphatic heterocycles. The number of anilines is 1. The molecule has 0 amide bonds. The van der Waals surface area contributed by atoms with Crippen LogP contribution in [-0.2, 0) is 11.8 Å². The van der Waals surface area contributed by atoms with Crippen LogP contribution in [0.5, 0.6) is 0 Å². The van der Waals surface area contributed by atoms with Gasteiger partial charge in [0, 0.05) is 13.6 Å². The predicted molar refractivity (Wildman–Crippen MR) is 48.8 cm³/mol. The molecule has 0 saturated carbocycles. The number of nitrogens with zero attached hydrogens (tertiary/aromatic N) is 5. The summed E-state index contributed by atoms with van der Waals surface area (Å²) in [6.07, 6.45) is 1.59. The molecule has 1 N–H and O–H groups in total. The number of carboxylic acids is 1. The van der Waals surface area contributed by atoms with Crippen LogP contribution in [0.2, 0.25) is 0 Å². The summed E-state index contributed by atoms with van der Waals surface area (Å²) in [5.41, 5.74) is 0. The maximum absolute atomic E-state index is 10.5. The normalized spacial score (nSPS) is 9.79. The van der Waals surface area contributed by atoms with Crippen LogP contribution in [0.1, 0.15) is 0 Å². The zero-order chi connectivity index (χ0) is 10.6. The monoisotopic (exact) mass is 197 g/mol. The van der Waals surface area contributed by atoms with E-state index in [4.69, 9.17) is 5.11 Å². The van der Waals surface area contributed by atoms with E-state index in [1.165, 1.54) is 9.58 Å². The van der Waals surface area contributed by atoms with E-state index in [1.807, 2.05) is 0 Å². The SMILES string of the molecule is C=CCN(CC(=O)O)c1nnnn1C. The molecule has 1 heterocycles. The molecule has 1 rings (SSSR count). The third kappa shape index (κ3) is 2.28. The van der Waals surface area contributed by atoms with Crippen molar-refractivity contribution in [2.75, 3.05) is 18.0 Å². The molecule has 0 atom stereocenters. The molecule has 0 aliphatic carbocycles. The minimum Gasteiger partial charge on any atom is -0.480 e. The van der Waals surface area contributed by atoms with Crippen LogP contribution in [0.4, 0.5) is 5.95 Å². The van der Waals surface area contributed by atoms with Gasteiger partial charge in [-0.1, -0.05) is 11.2 Å². The number of hydrogen-bond donors (Lipinski definition) is 1. The first-order valence-electron chi connectivity index (χ1n) is 3.95. The van der Waals surface area contributed by atoms with Crippen LogP contribution in [0.25, 0.3) is 0 Å². The van der Waals surface area contributed by atoms with Crippen molar-refractivity contribution in [2.24, 2.45) is 7.05 Å². The highest BCUT2D eigenvalue weighted by Gasteiger charge is 2.14. The Hall–Kier alpha value is -1.92. The van der Waals surface area contributed by atoms with E-state index in [0.29, 0.717) is 12.5 Å². The number of aromatic nitrogens is 4. The summed E-state index contributed by atoms with van der Waals surface area (Å²) < 4.78 is 1.41. The fourth-order valence-corrected chi connectivity index (χ4v) is 1.03. The predicted octanol–water partition coefficient (Wildman–Crippen LogP) is -0.713. The quantitative estimate of drug-likeness (QED) is 0.627. The second kappa shape index (κ2) is 4.35. The van der Waals surface area contributed by atoms with Crippen LogP contribution in [0.15, 0.2) is 12.7 Å². The lowest BCUT2D eigenvalue weighted by Gasteiger charge is -2.17. The van der Waals surface area contributed by atoms with Crippen LogP contribution in [0, 0.1) is 0 Å². The van der Waals surface area contributed by atoms with Gasteiger partial charge in [0.15, 0.2) is 0 Å². The molecule has 0 fully saturated rings. The van der Waals surface area contributed by atoms with Crippen molar-refractivity contribution in [3.05, 3.63) is 12.7 Å². The van der Waals surface area contributed by atoms with Gasteiger partial charge in [-0.15, -0.1) is 6.58 Å². The largest absolute Gasteiger partial charge is 0.480 e. The molecule has 7 heteroatoms. The lowest BCUT2D eigenvalue weighted by molar-refractivity contribution is -0.135. The Bertz CT molecular complexity index is 335. The third-order valence-electron chi connectivity index (χ3n) is 1.56. The zero-order valence-electron chi connectivity index (χ0n) is 7.79. The summed E-state index contributed by atoms with van der Waals surface area (Å²) >= 11 is 0. The van der Waals surface area contributed by atoms with Crippen LogP contribution in [0.3, 0.4) is 0 Å². The second-order valence-corrected chi connectivity index (χ2v) is 2.67. The van der Waals surface area contributed by atoms with Gasteiger partial charge in [0.1, 0.15) is 6.54 Å². The standard InChI is InChI=1S/C7H11N5O2/c1-3-4-12(5-6(13)14)7-8-9-10-11(7)2/h3H,1,4-5H2,2H3,(H,13,14). The lowest BCUT2D eigenvalue weighted by atomic mass is 10.5. The van der Waals surface area contributed by atoms with Gasteiger partial charge in [-0.25, -0.2) is 4.68 Å². The molecule has 7 nitrogen and oxygen atoms in total. The van der Waals surface area contributed by atoms with Gasteiger partial charge in [0.25, 0.3) is 0 Å². The van der Waals surface area contributed by atoms with Gasteiger partial charge in [0.05, 0.1) is 0 Å². The molecule has 1 aromatic heterocycles. The fourth-order valence-electron chi connectivity index (χ4n) is 1.03. The highest BCUT2D eigenvalue weighted by Crippen LogP contribution is 2.05. The molecule has 0 radical (unpaired) electrons. The Morgan fingerprint density at radius 1 is 1.79 bits per heavy atom. The summed E-state index contributed by atoms with van der Waals surface area (Å²) in [6.45, 7) is 3.77. The van der Waals surface area contributed by atoms with Crippen LogP contribution < -0.4 is 4.90 Å². The molecule has 14 heavy (non-hydrogen) atoms. The second-order valence-electron chi connectivity index (χ2n) is 2.67.